The van der Waals surface area contributed by atoms with Crippen molar-refractivity contribution in [1.82, 2.24) is 14.8 Å². The number of oxazole rings is 1. The second kappa shape index (κ2) is 5.95. The van der Waals surface area contributed by atoms with E-state index in [0.29, 0.717) is 11.8 Å². The van der Waals surface area contributed by atoms with Gasteiger partial charge in [0.05, 0.1) is 5.69 Å². The lowest BCUT2D eigenvalue weighted by atomic mass is 9.84. The normalized spacial score (nSPS) is 21.6. The first kappa shape index (κ1) is 13.6. The third kappa shape index (κ3) is 2.87. The van der Waals surface area contributed by atoms with Crippen LogP contribution in [0.2, 0.25) is 0 Å². The van der Waals surface area contributed by atoms with E-state index < -0.39 is 0 Å². The fourth-order valence-corrected chi connectivity index (χ4v) is 2.95. The molecule has 0 bridgehead atoms. The van der Waals surface area contributed by atoms with Crippen LogP contribution in [0, 0.1) is 12.8 Å². The second-order valence-corrected chi connectivity index (χ2v) is 5.94. The van der Waals surface area contributed by atoms with Crippen molar-refractivity contribution in [2.45, 2.75) is 39.2 Å². The van der Waals surface area contributed by atoms with Crippen molar-refractivity contribution in [3.63, 3.8) is 0 Å². The van der Waals surface area contributed by atoms with Crippen LogP contribution in [0.15, 0.2) is 10.8 Å². The van der Waals surface area contributed by atoms with Crippen LogP contribution in [-0.2, 0) is 11.3 Å². The summed E-state index contributed by atoms with van der Waals surface area (Å²) in [7, 11) is 0. The fraction of sp³-hybridized carbons (Fsp3) is 0.733. The molecule has 0 spiro atoms. The van der Waals surface area contributed by atoms with Gasteiger partial charge in [0.2, 0.25) is 5.91 Å². The van der Waals surface area contributed by atoms with E-state index in [1.165, 1.54) is 12.8 Å². The molecule has 1 aliphatic heterocycles. The largest absolute Gasteiger partial charge is 0.448 e. The Kier molecular flexibility index (Phi) is 4.05. The summed E-state index contributed by atoms with van der Waals surface area (Å²) in [4.78, 5) is 21.0. The summed E-state index contributed by atoms with van der Waals surface area (Å²) in [5.74, 6) is 1.60. The minimum absolute atomic E-state index is 0.319. The van der Waals surface area contributed by atoms with Gasteiger partial charge >= 0.3 is 0 Å². The number of hydrogen-bond acceptors (Lipinski definition) is 4. The zero-order valence-corrected chi connectivity index (χ0v) is 12.2. The molecule has 0 radical (unpaired) electrons. The van der Waals surface area contributed by atoms with Crippen molar-refractivity contribution >= 4 is 5.91 Å². The van der Waals surface area contributed by atoms with Crippen molar-refractivity contribution in [3.8, 4) is 0 Å². The summed E-state index contributed by atoms with van der Waals surface area (Å²) in [5, 5.41) is 0. The third-order valence-corrected chi connectivity index (χ3v) is 4.57. The quantitative estimate of drug-likeness (QED) is 0.845. The topological polar surface area (TPSA) is 49.6 Å². The first-order chi connectivity index (χ1) is 9.74. The molecule has 1 aliphatic carbocycles. The Morgan fingerprint density at radius 1 is 1.30 bits per heavy atom. The molecule has 1 saturated heterocycles. The molecule has 1 saturated carbocycles. The molecule has 0 N–H and O–H groups in total. The number of aryl methyl sites for hydroxylation is 1. The molecule has 2 fully saturated rings. The third-order valence-electron chi connectivity index (χ3n) is 4.57. The van der Waals surface area contributed by atoms with Gasteiger partial charge in [0, 0.05) is 38.6 Å². The predicted molar refractivity (Wildman–Crippen MR) is 75.1 cm³/mol. The Balaban J connectivity index is 1.54. The monoisotopic (exact) mass is 277 g/mol. The van der Waals surface area contributed by atoms with E-state index >= 15 is 0 Å². The van der Waals surface area contributed by atoms with Crippen molar-refractivity contribution in [1.29, 1.82) is 0 Å². The Morgan fingerprint density at radius 3 is 2.80 bits per heavy atom. The highest BCUT2D eigenvalue weighted by Gasteiger charge is 2.30. The Bertz CT molecular complexity index is 467. The molecule has 5 heteroatoms. The van der Waals surface area contributed by atoms with Crippen LogP contribution in [0.4, 0.5) is 0 Å². The molecule has 1 amide bonds. The van der Waals surface area contributed by atoms with Crippen LogP contribution < -0.4 is 0 Å². The first-order valence-corrected chi connectivity index (χ1v) is 7.64. The van der Waals surface area contributed by atoms with Gasteiger partial charge in [0.15, 0.2) is 6.39 Å². The molecule has 0 aromatic carbocycles. The maximum atomic E-state index is 12.3. The van der Waals surface area contributed by atoms with Crippen molar-refractivity contribution < 1.29 is 9.21 Å². The van der Waals surface area contributed by atoms with E-state index in [4.69, 9.17) is 4.42 Å². The van der Waals surface area contributed by atoms with E-state index in [9.17, 15) is 4.79 Å². The Morgan fingerprint density at radius 2 is 2.15 bits per heavy atom. The highest BCUT2D eigenvalue weighted by atomic mass is 16.3. The first-order valence-electron chi connectivity index (χ1n) is 7.64. The molecule has 20 heavy (non-hydrogen) atoms. The number of carbonyl (C=O) groups excluding carboxylic acids is 1. The van der Waals surface area contributed by atoms with E-state index in [1.807, 2.05) is 6.92 Å². The minimum atomic E-state index is 0.319. The summed E-state index contributed by atoms with van der Waals surface area (Å²) in [6.07, 6.45) is 5.97. The SMILES string of the molecule is Cc1ocnc1CN1CCCN(C(=O)C2CCC2)CC1. The van der Waals surface area contributed by atoms with Gasteiger partial charge < -0.3 is 9.32 Å². The van der Waals surface area contributed by atoms with Crippen LogP contribution in [0.3, 0.4) is 0 Å². The van der Waals surface area contributed by atoms with Crippen molar-refractivity contribution in [2.75, 3.05) is 26.2 Å². The summed E-state index contributed by atoms with van der Waals surface area (Å²) >= 11 is 0. The van der Waals surface area contributed by atoms with Crippen LogP contribution >= 0.6 is 0 Å². The number of rotatable bonds is 3. The molecule has 5 nitrogen and oxygen atoms in total. The molecule has 110 valence electrons. The average Bonchev–Trinajstić information content (AvgIpc) is 2.62. The van der Waals surface area contributed by atoms with Crippen LogP contribution in [-0.4, -0.2) is 46.9 Å². The van der Waals surface area contributed by atoms with E-state index in [1.54, 1.807) is 0 Å². The molecule has 0 atom stereocenters. The molecule has 2 heterocycles. The van der Waals surface area contributed by atoms with Crippen molar-refractivity contribution in [2.24, 2.45) is 5.92 Å². The number of carbonyl (C=O) groups is 1. The molecule has 0 unspecified atom stereocenters. The average molecular weight is 277 g/mol. The highest BCUT2D eigenvalue weighted by Crippen LogP contribution is 2.28. The van der Waals surface area contributed by atoms with Gasteiger partial charge in [0.25, 0.3) is 0 Å². The van der Waals surface area contributed by atoms with E-state index in [-0.39, 0.29) is 0 Å². The second-order valence-electron chi connectivity index (χ2n) is 5.94. The van der Waals surface area contributed by atoms with Gasteiger partial charge in [-0.05, 0) is 26.2 Å². The highest BCUT2D eigenvalue weighted by molar-refractivity contribution is 5.79. The van der Waals surface area contributed by atoms with Gasteiger partial charge in [-0.1, -0.05) is 6.42 Å². The molecule has 1 aromatic rings. The minimum Gasteiger partial charge on any atom is -0.448 e. The van der Waals surface area contributed by atoms with Gasteiger partial charge in [-0.15, -0.1) is 0 Å². The fourth-order valence-electron chi connectivity index (χ4n) is 2.95. The van der Waals surface area contributed by atoms with Gasteiger partial charge in [-0.2, -0.15) is 0 Å². The summed E-state index contributed by atoms with van der Waals surface area (Å²) in [5.41, 5.74) is 1.02. The summed E-state index contributed by atoms with van der Waals surface area (Å²) < 4.78 is 5.25. The lowest BCUT2D eigenvalue weighted by Crippen LogP contribution is -2.41. The van der Waals surface area contributed by atoms with E-state index in [2.05, 4.69) is 14.8 Å². The zero-order valence-electron chi connectivity index (χ0n) is 12.2. The standard InChI is InChI=1S/C15H23N3O2/c1-12-14(16-11-20-12)10-17-6-3-7-18(9-8-17)15(19)13-4-2-5-13/h11,13H,2-10H2,1H3. The molecular formula is C15H23N3O2. The van der Waals surface area contributed by atoms with Crippen LogP contribution in [0.5, 0.6) is 0 Å². The maximum absolute atomic E-state index is 12.3. The smallest absolute Gasteiger partial charge is 0.225 e. The number of aromatic nitrogens is 1. The number of amides is 1. The molecule has 2 aliphatic rings. The van der Waals surface area contributed by atoms with Gasteiger partial charge in [0.1, 0.15) is 5.76 Å². The van der Waals surface area contributed by atoms with Crippen molar-refractivity contribution in [3.05, 3.63) is 17.8 Å². The molecule has 1 aromatic heterocycles. The summed E-state index contributed by atoms with van der Waals surface area (Å²) in [6.45, 7) is 6.50. The van der Waals surface area contributed by atoms with Crippen LogP contribution in [0.1, 0.15) is 37.1 Å². The molecule has 3 rings (SSSR count). The zero-order chi connectivity index (χ0) is 13.9. The molecular weight excluding hydrogens is 254 g/mol. The van der Waals surface area contributed by atoms with Crippen LogP contribution in [0.25, 0.3) is 0 Å². The Labute approximate surface area is 119 Å². The summed E-state index contributed by atoms with van der Waals surface area (Å²) in [6, 6.07) is 0. The maximum Gasteiger partial charge on any atom is 0.225 e. The predicted octanol–water partition coefficient (Wildman–Crippen LogP) is 1.82. The lowest BCUT2D eigenvalue weighted by Gasteiger charge is -2.31. The van der Waals surface area contributed by atoms with E-state index in [0.717, 1.165) is 63.4 Å². The van der Waals surface area contributed by atoms with Gasteiger partial charge in [-0.3, -0.25) is 9.69 Å². The lowest BCUT2D eigenvalue weighted by molar-refractivity contribution is -0.138. The Hall–Kier alpha value is -1.36. The number of nitrogens with zero attached hydrogens (tertiary/aromatic N) is 3. The number of hydrogen-bond donors (Lipinski definition) is 0. The van der Waals surface area contributed by atoms with Gasteiger partial charge in [-0.25, -0.2) is 4.98 Å².